The smallest absolute Gasteiger partial charge is 0.171 e. The minimum atomic E-state index is 0.509. The predicted molar refractivity (Wildman–Crippen MR) is 83.8 cm³/mol. The molecule has 1 fully saturated rings. The van der Waals surface area contributed by atoms with Crippen molar-refractivity contribution >= 4 is 23.0 Å². The van der Waals surface area contributed by atoms with E-state index in [-0.39, 0.29) is 0 Å². The summed E-state index contributed by atoms with van der Waals surface area (Å²) < 4.78 is 5.58. The SMILES string of the molecule is CCOc1ccccc1NC(=S)NC1CCC(C)C1. The Kier molecular flexibility index (Phi) is 5.02. The minimum Gasteiger partial charge on any atom is -0.492 e. The molecular weight excluding hydrogens is 256 g/mol. The highest BCUT2D eigenvalue weighted by Crippen LogP contribution is 2.26. The fraction of sp³-hybridized carbons (Fsp3) is 0.533. The number of para-hydroxylation sites is 2. The number of nitrogens with one attached hydrogen (secondary N) is 2. The van der Waals surface area contributed by atoms with E-state index in [9.17, 15) is 0 Å². The third-order valence-electron chi connectivity index (χ3n) is 3.47. The van der Waals surface area contributed by atoms with Crippen molar-refractivity contribution < 1.29 is 4.74 Å². The maximum atomic E-state index is 5.58. The zero-order valence-electron chi connectivity index (χ0n) is 11.6. The molecule has 1 aliphatic rings. The first-order chi connectivity index (χ1) is 9.19. The summed E-state index contributed by atoms with van der Waals surface area (Å²) in [7, 11) is 0. The lowest BCUT2D eigenvalue weighted by atomic mass is 10.1. The summed E-state index contributed by atoms with van der Waals surface area (Å²) in [6, 6.07) is 8.38. The number of ether oxygens (including phenoxy) is 1. The van der Waals surface area contributed by atoms with Gasteiger partial charge in [-0.3, -0.25) is 0 Å². The summed E-state index contributed by atoms with van der Waals surface area (Å²) in [5, 5.41) is 7.31. The van der Waals surface area contributed by atoms with Crippen LogP contribution >= 0.6 is 12.2 Å². The predicted octanol–water partition coefficient (Wildman–Crippen LogP) is 3.56. The first-order valence-corrected chi connectivity index (χ1v) is 7.39. The Hall–Kier alpha value is -1.29. The average molecular weight is 278 g/mol. The second kappa shape index (κ2) is 6.75. The van der Waals surface area contributed by atoms with E-state index in [0.29, 0.717) is 17.8 Å². The highest BCUT2D eigenvalue weighted by Gasteiger charge is 2.21. The molecule has 2 atom stereocenters. The second-order valence-electron chi connectivity index (χ2n) is 5.14. The molecule has 0 aliphatic heterocycles. The Bertz CT molecular complexity index is 436. The molecular formula is C15H22N2OS. The Morgan fingerprint density at radius 3 is 2.84 bits per heavy atom. The molecule has 0 amide bonds. The minimum absolute atomic E-state index is 0.509. The first-order valence-electron chi connectivity index (χ1n) is 6.98. The molecule has 3 nitrogen and oxygen atoms in total. The third kappa shape index (κ3) is 4.10. The molecule has 104 valence electrons. The largest absolute Gasteiger partial charge is 0.492 e. The van der Waals surface area contributed by atoms with E-state index in [1.54, 1.807) is 0 Å². The van der Waals surface area contributed by atoms with Crippen LogP contribution in [0.4, 0.5) is 5.69 Å². The third-order valence-corrected chi connectivity index (χ3v) is 3.69. The maximum absolute atomic E-state index is 5.58. The molecule has 1 aliphatic carbocycles. The molecule has 0 bridgehead atoms. The number of benzene rings is 1. The Morgan fingerprint density at radius 1 is 1.37 bits per heavy atom. The van der Waals surface area contributed by atoms with E-state index in [4.69, 9.17) is 17.0 Å². The van der Waals surface area contributed by atoms with Crippen LogP contribution in [0.3, 0.4) is 0 Å². The van der Waals surface area contributed by atoms with Gasteiger partial charge in [-0.25, -0.2) is 0 Å². The fourth-order valence-corrected chi connectivity index (χ4v) is 2.81. The molecule has 0 heterocycles. The van der Waals surface area contributed by atoms with Crippen LogP contribution in [0.15, 0.2) is 24.3 Å². The molecule has 1 aromatic rings. The van der Waals surface area contributed by atoms with E-state index in [1.807, 2.05) is 31.2 Å². The lowest BCUT2D eigenvalue weighted by Crippen LogP contribution is -2.36. The lowest BCUT2D eigenvalue weighted by molar-refractivity contribution is 0.342. The quantitative estimate of drug-likeness (QED) is 0.825. The van der Waals surface area contributed by atoms with Gasteiger partial charge in [-0.1, -0.05) is 19.1 Å². The summed E-state index contributed by atoms with van der Waals surface area (Å²) in [6.45, 7) is 4.93. The second-order valence-corrected chi connectivity index (χ2v) is 5.55. The molecule has 1 aromatic carbocycles. The van der Waals surface area contributed by atoms with Crippen molar-refractivity contribution in [2.75, 3.05) is 11.9 Å². The summed E-state index contributed by atoms with van der Waals surface area (Å²) in [4.78, 5) is 0. The van der Waals surface area contributed by atoms with Crippen molar-refractivity contribution in [1.82, 2.24) is 5.32 Å². The molecule has 19 heavy (non-hydrogen) atoms. The van der Waals surface area contributed by atoms with E-state index in [1.165, 1.54) is 19.3 Å². The zero-order valence-corrected chi connectivity index (χ0v) is 12.4. The van der Waals surface area contributed by atoms with Gasteiger partial charge >= 0.3 is 0 Å². The van der Waals surface area contributed by atoms with Gasteiger partial charge in [-0.15, -0.1) is 0 Å². The van der Waals surface area contributed by atoms with Gasteiger partial charge in [0.05, 0.1) is 12.3 Å². The fourth-order valence-electron chi connectivity index (χ4n) is 2.53. The number of anilines is 1. The van der Waals surface area contributed by atoms with Crippen molar-refractivity contribution in [2.45, 2.75) is 39.2 Å². The molecule has 0 spiro atoms. The molecule has 2 rings (SSSR count). The summed E-state index contributed by atoms with van der Waals surface area (Å²) >= 11 is 5.38. The van der Waals surface area contributed by atoms with E-state index in [2.05, 4.69) is 17.6 Å². The van der Waals surface area contributed by atoms with Gasteiger partial charge in [0.1, 0.15) is 5.75 Å². The molecule has 0 aromatic heterocycles. The Balaban J connectivity index is 1.91. The Labute approximate surface area is 120 Å². The van der Waals surface area contributed by atoms with Gasteiger partial charge in [-0.05, 0) is 56.5 Å². The van der Waals surface area contributed by atoms with Crippen molar-refractivity contribution in [3.05, 3.63) is 24.3 Å². The zero-order chi connectivity index (χ0) is 13.7. The van der Waals surface area contributed by atoms with Crippen molar-refractivity contribution in [2.24, 2.45) is 5.92 Å². The van der Waals surface area contributed by atoms with Crippen LogP contribution < -0.4 is 15.4 Å². The van der Waals surface area contributed by atoms with Crippen LogP contribution in [0, 0.1) is 5.92 Å². The van der Waals surface area contributed by atoms with Gasteiger partial charge in [0.15, 0.2) is 5.11 Å². The van der Waals surface area contributed by atoms with Gasteiger partial charge in [0.25, 0.3) is 0 Å². The molecule has 2 unspecified atom stereocenters. The molecule has 0 saturated heterocycles. The number of rotatable bonds is 4. The van der Waals surface area contributed by atoms with Crippen LogP contribution in [0.5, 0.6) is 5.75 Å². The standard InChI is InChI=1S/C15H22N2OS/c1-3-18-14-7-5-4-6-13(14)17-15(19)16-12-9-8-11(2)10-12/h4-7,11-12H,3,8-10H2,1-2H3,(H2,16,17,19). The van der Waals surface area contributed by atoms with E-state index >= 15 is 0 Å². The summed E-state index contributed by atoms with van der Waals surface area (Å²) in [6.07, 6.45) is 3.70. The summed E-state index contributed by atoms with van der Waals surface area (Å²) in [5.41, 5.74) is 0.924. The monoisotopic (exact) mass is 278 g/mol. The van der Waals surface area contributed by atoms with Gasteiger partial charge < -0.3 is 15.4 Å². The highest BCUT2D eigenvalue weighted by molar-refractivity contribution is 7.80. The first kappa shape index (κ1) is 14.1. The van der Waals surface area contributed by atoms with Crippen molar-refractivity contribution in [3.8, 4) is 5.75 Å². The summed E-state index contributed by atoms with van der Waals surface area (Å²) in [5.74, 6) is 1.64. The van der Waals surface area contributed by atoms with Crippen molar-refractivity contribution in [3.63, 3.8) is 0 Å². The molecule has 0 radical (unpaired) electrons. The maximum Gasteiger partial charge on any atom is 0.171 e. The van der Waals surface area contributed by atoms with Crippen molar-refractivity contribution in [1.29, 1.82) is 0 Å². The Morgan fingerprint density at radius 2 is 2.16 bits per heavy atom. The van der Waals surface area contributed by atoms with Crippen LogP contribution in [-0.4, -0.2) is 17.8 Å². The number of hydrogen-bond donors (Lipinski definition) is 2. The van der Waals surface area contributed by atoms with E-state index < -0.39 is 0 Å². The number of thiocarbonyl (C=S) groups is 1. The topological polar surface area (TPSA) is 33.3 Å². The molecule has 1 saturated carbocycles. The molecule has 2 N–H and O–H groups in total. The van der Waals surface area contributed by atoms with Gasteiger partial charge in [0, 0.05) is 6.04 Å². The van der Waals surface area contributed by atoms with Crippen LogP contribution in [0.1, 0.15) is 33.1 Å². The molecule has 4 heteroatoms. The van der Waals surface area contributed by atoms with Gasteiger partial charge in [-0.2, -0.15) is 0 Å². The van der Waals surface area contributed by atoms with Crippen LogP contribution in [-0.2, 0) is 0 Å². The van der Waals surface area contributed by atoms with Gasteiger partial charge in [0.2, 0.25) is 0 Å². The van der Waals surface area contributed by atoms with Crippen LogP contribution in [0.2, 0.25) is 0 Å². The van der Waals surface area contributed by atoms with E-state index in [0.717, 1.165) is 17.4 Å². The average Bonchev–Trinajstić information content (AvgIpc) is 2.77. The lowest BCUT2D eigenvalue weighted by Gasteiger charge is -2.17. The normalized spacial score (nSPS) is 22.0. The number of hydrogen-bond acceptors (Lipinski definition) is 2. The highest BCUT2D eigenvalue weighted by atomic mass is 32.1. The van der Waals surface area contributed by atoms with Crippen LogP contribution in [0.25, 0.3) is 0 Å².